The molecule has 20 heavy (non-hydrogen) atoms. The average Bonchev–Trinajstić information content (AvgIpc) is 2.80. The second kappa shape index (κ2) is 8.30. The number of hydrogen-bond donors (Lipinski definition) is 1. The minimum Gasteiger partial charge on any atom is -0.380 e. The van der Waals surface area contributed by atoms with Crippen LogP contribution in [-0.2, 0) is 11.3 Å². The number of anilines is 1. The Labute approximate surface area is 122 Å². The predicted molar refractivity (Wildman–Crippen MR) is 83.2 cm³/mol. The Morgan fingerprint density at radius 2 is 2.10 bits per heavy atom. The smallest absolute Gasteiger partial charge is 0.203 e. The normalized spacial score (nSPS) is 16.5. The third-order valence-corrected chi connectivity index (χ3v) is 3.95. The lowest BCUT2D eigenvalue weighted by molar-refractivity contribution is 0.124. The van der Waals surface area contributed by atoms with Crippen molar-refractivity contribution in [2.75, 3.05) is 18.5 Å². The van der Waals surface area contributed by atoms with Crippen molar-refractivity contribution < 1.29 is 4.74 Å². The Balaban J connectivity index is 1.81. The van der Waals surface area contributed by atoms with Gasteiger partial charge < -0.3 is 14.6 Å². The Hall–Kier alpha value is -1.03. The van der Waals surface area contributed by atoms with Gasteiger partial charge in [0.2, 0.25) is 5.95 Å². The van der Waals surface area contributed by atoms with E-state index in [0.29, 0.717) is 6.04 Å². The first-order chi connectivity index (χ1) is 9.79. The molecule has 1 aliphatic carbocycles. The van der Waals surface area contributed by atoms with E-state index in [4.69, 9.17) is 4.74 Å². The maximum atomic E-state index is 5.66. The van der Waals surface area contributed by atoms with Crippen LogP contribution in [0.4, 0.5) is 5.95 Å². The molecule has 1 aromatic heterocycles. The molecule has 114 valence electrons. The number of unbranched alkanes of at least 4 members (excludes halogenated alkanes) is 1. The minimum absolute atomic E-state index is 0.602. The van der Waals surface area contributed by atoms with Gasteiger partial charge in [0, 0.05) is 25.4 Å². The van der Waals surface area contributed by atoms with E-state index in [1.165, 1.54) is 38.5 Å². The number of nitrogens with zero attached hydrogens (tertiary/aromatic N) is 2. The summed E-state index contributed by atoms with van der Waals surface area (Å²) in [5.74, 6) is 1.02. The van der Waals surface area contributed by atoms with Crippen LogP contribution < -0.4 is 5.32 Å². The summed E-state index contributed by atoms with van der Waals surface area (Å²) in [7, 11) is 0. The molecule has 1 aromatic rings. The van der Waals surface area contributed by atoms with Crippen molar-refractivity contribution in [1.82, 2.24) is 9.55 Å². The summed E-state index contributed by atoms with van der Waals surface area (Å²) in [4.78, 5) is 4.62. The molecule has 4 heteroatoms. The van der Waals surface area contributed by atoms with Gasteiger partial charge in [-0.05, 0) is 26.2 Å². The van der Waals surface area contributed by atoms with Crippen LogP contribution in [0, 0.1) is 6.92 Å². The molecule has 0 atom stereocenters. The molecule has 0 saturated heterocycles. The van der Waals surface area contributed by atoms with Crippen LogP contribution in [0.25, 0.3) is 0 Å². The van der Waals surface area contributed by atoms with Gasteiger partial charge >= 0.3 is 0 Å². The molecular weight excluding hydrogens is 250 g/mol. The van der Waals surface area contributed by atoms with Crippen molar-refractivity contribution in [3.63, 3.8) is 0 Å². The van der Waals surface area contributed by atoms with Gasteiger partial charge in [0.15, 0.2) is 0 Å². The van der Waals surface area contributed by atoms with Gasteiger partial charge in [0.25, 0.3) is 0 Å². The van der Waals surface area contributed by atoms with Crippen LogP contribution in [0.15, 0.2) is 6.20 Å². The first-order valence-corrected chi connectivity index (χ1v) is 8.17. The van der Waals surface area contributed by atoms with Crippen LogP contribution in [-0.4, -0.2) is 28.8 Å². The molecule has 0 aromatic carbocycles. The number of nitrogens with one attached hydrogen (secondary N) is 1. The molecule has 1 aliphatic rings. The zero-order valence-electron chi connectivity index (χ0n) is 13.0. The predicted octanol–water partition coefficient (Wildman–Crippen LogP) is 3.75. The molecule has 2 rings (SSSR count). The quantitative estimate of drug-likeness (QED) is 0.737. The first kappa shape index (κ1) is 15.4. The number of hydrogen-bond acceptors (Lipinski definition) is 3. The van der Waals surface area contributed by atoms with E-state index in [0.717, 1.165) is 37.8 Å². The fourth-order valence-corrected chi connectivity index (χ4v) is 2.77. The molecule has 0 amide bonds. The highest BCUT2D eigenvalue weighted by atomic mass is 16.5. The Kier molecular flexibility index (Phi) is 6.37. The van der Waals surface area contributed by atoms with Crippen LogP contribution in [0.3, 0.4) is 0 Å². The Morgan fingerprint density at radius 3 is 2.85 bits per heavy atom. The van der Waals surface area contributed by atoms with E-state index in [-0.39, 0.29) is 0 Å². The van der Waals surface area contributed by atoms with Gasteiger partial charge in [-0.15, -0.1) is 0 Å². The minimum atomic E-state index is 0.602. The van der Waals surface area contributed by atoms with Crippen LogP contribution in [0.2, 0.25) is 0 Å². The van der Waals surface area contributed by atoms with Crippen molar-refractivity contribution in [1.29, 1.82) is 0 Å². The van der Waals surface area contributed by atoms with Gasteiger partial charge in [0.05, 0.1) is 12.3 Å². The van der Waals surface area contributed by atoms with Crippen LogP contribution in [0.5, 0.6) is 0 Å². The lowest BCUT2D eigenvalue weighted by Crippen LogP contribution is -2.24. The van der Waals surface area contributed by atoms with Gasteiger partial charge in [-0.3, -0.25) is 0 Å². The standard InChI is InChI=1S/C16H29N3O/c1-3-4-11-20-12-10-19-13-14(2)17-16(19)18-15-8-6-5-7-9-15/h13,15H,3-12H2,1-2H3,(H,17,18). The molecule has 0 unspecified atom stereocenters. The summed E-state index contributed by atoms with van der Waals surface area (Å²) in [5, 5.41) is 3.62. The van der Waals surface area contributed by atoms with Crippen molar-refractivity contribution in [2.45, 2.75) is 71.4 Å². The zero-order valence-corrected chi connectivity index (χ0v) is 13.0. The van der Waals surface area contributed by atoms with Gasteiger partial charge in [0.1, 0.15) is 0 Å². The highest BCUT2D eigenvalue weighted by Crippen LogP contribution is 2.21. The number of ether oxygens (including phenoxy) is 1. The number of aromatic nitrogens is 2. The third-order valence-electron chi connectivity index (χ3n) is 3.95. The summed E-state index contributed by atoms with van der Waals surface area (Å²) in [6, 6.07) is 0.602. The molecule has 1 saturated carbocycles. The highest BCUT2D eigenvalue weighted by Gasteiger charge is 2.15. The lowest BCUT2D eigenvalue weighted by Gasteiger charge is -2.23. The third kappa shape index (κ3) is 4.82. The van der Waals surface area contributed by atoms with E-state index in [9.17, 15) is 0 Å². The van der Waals surface area contributed by atoms with E-state index in [1.807, 2.05) is 0 Å². The molecular formula is C16H29N3O. The van der Waals surface area contributed by atoms with Crippen molar-refractivity contribution in [3.05, 3.63) is 11.9 Å². The Morgan fingerprint density at radius 1 is 1.30 bits per heavy atom. The number of rotatable bonds is 8. The van der Waals surface area contributed by atoms with Gasteiger partial charge in [-0.25, -0.2) is 4.98 Å². The second-order valence-corrected chi connectivity index (χ2v) is 5.84. The largest absolute Gasteiger partial charge is 0.380 e. The molecule has 1 heterocycles. The Bertz CT molecular complexity index is 383. The first-order valence-electron chi connectivity index (χ1n) is 8.17. The van der Waals surface area contributed by atoms with Gasteiger partial charge in [-0.2, -0.15) is 0 Å². The summed E-state index contributed by atoms with van der Waals surface area (Å²) in [6.45, 7) is 6.78. The van der Waals surface area contributed by atoms with Crippen molar-refractivity contribution in [3.8, 4) is 0 Å². The number of aryl methyl sites for hydroxylation is 1. The summed E-state index contributed by atoms with van der Waals surface area (Å²) in [5.41, 5.74) is 1.08. The summed E-state index contributed by atoms with van der Waals surface area (Å²) >= 11 is 0. The van der Waals surface area contributed by atoms with E-state index < -0.39 is 0 Å². The van der Waals surface area contributed by atoms with Gasteiger partial charge in [-0.1, -0.05) is 32.6 Å². The van der Waals surface area contributed by atoms with Crippen molar-refractivity contribution in [2.24, 2.45) is 0 Å². The molecule has 1 N–H and O–H groups in total. The second-order valence-electron chi connectivity index (χ2n) is 5.84. The molecule has 0 radical (unpaired) electrons. The molecule has 1 fully saturated rings. The highest BCUT2D eigenvalue weighted by molar-refractivity contribution is 5.30. The van der Waals surface area contributed by atoms with E-state index in [2.05, 4.69) is 34.9 Å². The molecule has 0 aliphatic heterocycles. The van der Waals surface area contributed by atoms with Crippen LogP contribution >= 0.6 is 0 Å². The van der Waals surface area contributed by atoms with Crippen molar-refractivity contribution >= 4 is 5.95 Å². The zero-order chi connectivity index (χ0) is 14.2. The maximum absolute atomic E-state index is 5.66. The SMILES string of the molecule is CCCCOCCn1cc(C)nc1NC1CCCCC1. The molecule has 0 bridgehead atoms. The summed E-state index contributed by atoms with van der Waals surface area (Å²) < 4.78 is 7.86. The fraction of sp³-hybridized carbons (Fsp3) is 0.812. The molecule has 0 spiro atoms. The molecule has 4 nitrogen and oxygen atoms in total. The lowest BCUT2D eigenvalue weighted by atomic mass is 9.96. The topological polar surface area (TPSA) is 39.1 Å². The maximum Gasteiger partial charge on any atom is 0.203 e. The van der Waals surface area contributed by atoms with E-state index in [1.54, 1.807) is 0 Å². The average molecular weight is 279 g/mol. The fourth-order valence-electron chi connectivity index (χ4n) is 2.77. The summed E-state index contributed by atoms with van der Waals surface area (Å²) in [6.07, 6.45) is 11.1. The van der Waals surface area contributed by atoms with Crippen LogP contribution in [0.1, 0.15) is 57.6 Å². The number of imidazole rings is 1. The van der Waals surface area contributed by atoms with E-state index >= 15 is 0 Å². The monoisotopic (exact) mass is 279 g/mol.